The second kappa shape index (κ2) is 7.58. The average molecular weight is 292 g/mol. The molecule has 1 N–H and O–H groups in total. The molecular formula is C17H32N4. The van der Waals surface area contributed by atoms with Gasteiger partial charge in [0.15, 0.2) is 0 Å². The van der Waals surface area contributed by atoms with Crippen molar-refractivity contribution in [2.24, 2.45) is 0 Å². The van der Waals surface area contributed by atoms with Crippen molar-refractivity contribution in [3.63, 3.8) is 0 Å². The van der Waals surface area contributed by atoms with E-state index in [4.69, 9.17) is 0 Å². The Hall–Kier alpha value is -0.630. The summed E-state index contributed by atoms with van der Waals surface area (Å²) in [5.74, 6) is 0. The molecule has 2 aliphatic heterocycles. The van der Waals surface area contributed by atoms with Crippen molar-refractivity contribution in [2.75, 3.05) is 32.7 Å². The zero-order chi connectivity index (χ0) is 15.3. The lowest BCUT2D eigenvalue weighted by molar-refractivity contribution is 0.228. The molecule has 2 heterocycles. The molecule has 0 aliphatic carbocycles. The molecule has 2 unspecified atom stereocenters. The second-order valence-electron chi connectivity index (χ2n) is 7.33. The van der Waals surface area contributed by atoms with E-state index in [0.717, 1.165) is 25.4 Å². The summed E-state index contributed by atoms with van der Waals surface area (Å²) in [6.45, 7) is 12.5. The molecule has 0 bridgehead atoms. The first kappa shape index (κ1) is 16.7. The van der Waals surface area contributed by atoms with Crippen LogP contribution in [0.25, 0.3) is 0 Å². The maximum Gasteiger partial charge on any atom is 0.104 e. The number of nitrogens with zero attached hydrogens (tertiary/aromatic N) is 3. The molecule has 0 aromatic heterocycles. The quantitative estimate of drug-likeness (QED) is 0.781. The van der Waals surface area contributed by atoms with Crippen LogP contribution in [-0.4, -0.2) is 60.1 Å². The Kier molecular flexibility index (Phi) is 6.04. The third kappa shape index (κ3) is 4.95. The van der Waals surface area contributed by atoms with Crippen molar-refractivity contribution in [3.8, 4) is 6.07 Å². The highest BCUT2D eigenvalue weighted by Gasteiger charge is 2.29. The minimum absolute atomic E-state index is 0.362. The lowest BCUT2D eigenvalue weighted by atomic mass is 9.96. The van der Waals surface area contributed by atoms with Crippen molar-refractivity contribution >= 4 is 0 Å². The first-order chi connectivity index (χ1) is 10.0. The summed E-state index contributed by atoms with van der Waals surface area (Å²) in [5, 5.41) is 12.8. The fraction of sp³-hybridized carbons (Fsp3) is 0.941. The molecule has 0 saturated carbocycles. The van der Waals surface area contributed by atoms with Crippen LogP contribution in [0.5, 0.6) is 0 Å². The van der Waals surface area contributed by atoms with Crippen LogP contribution in [0.4, 0.5) is 0 Å². The van der Waals surface area contributed by atoms with Gasteiger partial charge in [-0.2, -0.15) is 5.26 Å². The molecule has 0 aromatic rings. The van der Waals surface area contributed by atoms with Crippen LogP contribution in [0.3, 0.4) is 0 Å². The highest BCUT2D eigenvalue weighted by Crippen LogP contribution is 2.21. The highest BCUT2D eigenvalue weighted by atomic mass is 15.3. The van der Waals surface area contributed by atoms with Gasteiger partial charge in [-0.25, -0.2) is 0 Å². The zero-order valence-electron chi connectivity index (χ0n) is 14.1. The summed E-state index contributed by atoms with van der Waals surface area (Å²) in [6, 6.07) is 3.61. The molecule has 0 spiro atoms. The predicted molar refractivity (Wildman–Crippen MR) is 87.2 cm³/mol. The van der Waals surface area contributed by atoms with E-state index in [1.165, 1.54) is 45.4 Å². The smallest absolute Gasteiger partial charge is 0.104 e. The Morgan fingerprint density at radius 3 is 2.62 bits per heavy atom. The molecule has 2 rings (SSSR count). The van der Waals surface area contributed by atoms with Crippen LogP contribution in [-0.2, 0) is 0 Å². The van der Waals surface area contributed by atoms with E-state index < -0.39 is 0 Å². The van der Waals surface area contributed by atoms with E-state index in [1.54, 1.807) is 0 Å². The molecule has 2 atom stereocenters. The number of rotatable bonds is 7. The van der Waals surface area contributed by atoms with E-state index in [-0.39, 0.29) is 5.54 Å². The summed E-state index contributed by atoms with van der Waals surface area (Å²) in [5.41, 5.74) is -0.373. The maximum atomic E-state index is 9.38. The average Bonchev–Trinajstić information content (AvgIpc) is 3.08. The van der Waals surface area contributed by atoms with Gasteiger partial charge in [0, 0.05) is 18.6 Å². The SMILES string of the molecule is CC(C)NC(C)(C#N)CCCN1CCC(N2CCCC2)C1. The maximum absolute atomic E-state index is 9.38. The van der Waals surface area contributed by atoms with Crippen LogP contribution in [0.2, 0.25) is 0 Å². The number of nitriles is 1. The van der Waals surface area contributed by atoms with Gasteiger partial charge >= 0.3 is 0 Å². The third-order valence-corrected chi connectivity index (χ3v) is 4.91. The number of likely N-dealkylation sites (tertiary alicyclic amines) is 2. The third-order valence-electron chi connectivity index (χ3n) is 4.91. The molecule has 0 radical (unpaired) electrons. The monoisotopic (exact) mass is 292 g/mol. The van der Waals surface area contributed by atoms with E-state index in [2.05, 4.69) is 35.0 Å². The minimum atomic E-state index is -0.373. The first-order valence-electron chi connectivity index (χ1n) is 8.68. The topological polar surface area (TPSA) is 42.3 Å². The molecular weight excluding hydrogens is 260 g/mol. The molecule has 4 nitrogen and oxygen atoms in total. The predicted octanol–water partition coefficient (Wildman–Crippen LogP) is 2.22. The molecule has 21 heavy (non-hydrogen) atoms. The molecule has 0 amide bonds. The van der Waals surface area contributed by atoms with Crippen LogP contribution in [0.15, 0.2) is 0 Å². The summed E-state index contributed by atoms with van der Waals surface area (Å²) in [7, 11) is 0. The van der Waals surface area contributed by atoms with E-state index in [9.17, 15) is 5.26 Å². The number of nitrogens with one attached hydrogen (secondary N) is 1. The Morgan fingerprint density at radius 2 is 2.00 bits per heavy atom. The van der Waals surface area contributed by atoms with Crippen LogP contribution < -0.4 is 5.32 Å². The molecule has 2 aliphatic rings. The summed E-state index contributed by atoms with van der Waals surface area (Å²) >= 11 is 0. The standard InChI is InChI=1S/C17H32N4/c1-15(2)19-17(3,14-18)8-6-9-20-12-7-16(13-20)21-10-4-5-11-21/h15-16,19H,4-13H2,1-3H3. The lowest BCUT2D eigenvalue weighted by Crippen LogP contribution is -2.45. The van der Waals surface area contributed by atoms with Crippen molar-refractivity contribution in [1.29, 1.82) is 5.26 Å². The fourth-order valence-electron chi connectivity index (χ4n) is 3.87. The van der Waals surface area contributed by atoms with E-state index >= 15 is 0 Å². The van der Waals surface area contributed by atoms with E-state index in [0.29, 0.717) is 6.04 Å². The van der Waals surface area contributed by atoms with Gasteiger partial charge in [-0.05, 0) is 79.1 Å². The van der Waals surface area contributed by atoms with Crippen LogP contribution in [0.1, 0.15) is 52.9 Å². The minimum Gasteiger partial charge on any atom is -0.302 e. The molecule has 120 valence electrons. The fourth-order valence-corrected chi connectivity index (χ4v) is 3.87. The largest absolute Gasteiger partial charge is 0.302 e. The van der Waals surface area contributed by atoms with Crippen molar-refractivity contribution in [1.82, 2.24) is 15.1 Å². The van der Waals surface area contributed by atoms with Gasteiger partial charge < -0.3 is 4.90 Å². The highest BCUT2D eigenvalue weighted by molar-refractivity contribution is 5.04. The van der Waals surface area contributed by atoms with Crippen LogP contribution >= 0.6 is 0 Å². The van der Waals surface area contributed by atoms with Crippen LogP contribution in [0, 0.1) is 11.3 Å². The van der Waals surface area contributed by atoms with Crippen molar-refractivity contribution < 1.29 is 0 Å². The van der Waals surface area contributed by atoms with Gasteiger partial charge in [0.05, 0.1) is 6.07 Å². The molecule has 4 heteroatoms. The Labute approximate surface area is 130 Å². The van der Waals surface area contributed by atoms with Gasteiger partial charge in [0.1, 0.15) is 5.54 Å². The second-order valence-corrected chi connectivity index (χ2v) is 7.33. The van der Waals surface area contributed by atoms with Gasteiger partial charge in [0.2, 0.25) is 0 Å². The zero-order valence-corrected chi connectivity index (χ0v) is 14.1. The summed E-state index contributed by atoms with van der Waals surface area (Å²) in [4.78, 5) is 5.27. The van der Waals surface area contributed by atoms with Gasteiger partial charge in [0.25, 0.3) is 0 Å². The summed E-state index contributed by atoms with van der Waals surface area (Å²) in [6.07, 6.45) is 6.15. The first-order valence-corrected chi connectivity index (χ1v) is 8.68. The Balaban J connectivity index is 1.68. The van der Waals surface area contributed by atoms with Crippen molar-refractivity contribution in [3.05, 3.63) is 0 Å². The number of hydrogen-bond donors (Lipinski definition) is 1. The Morgan fingerprint density at radius 1 is 1.29 bits per heavy atom. The Bertz CT molecular complexity index is 356. The lowest BCUT2D eigenvalue weighted by Gasteiger charge is -2.27. The van der Waals surface area contributed by atoms with Crippen molar-refractivity contribution in [2.45, 2.75) is 70.5 Å². The molecule has 2 saturated heterocycles. The molecule has 0 aromatic carbocycles. The van der Waals surface area contributed by atoms with E-state index in [1.807, 2.05) is 6.92 Å². The summed E-state index contributed by atoms with van der Waals surface area (Å²) < 4.78 is 0. The van der Waals surface area contributed by atoms with Gasteiger partial charge in [-0.15, -0.1) is 0 Å². The number of hydrogen-bond acceptors (Lipinski definition) is 4. The van der Waals surface area contributed by atoms with Gasteiger partial charge in [-0.3, -0.25) is 10.2 Å². The van der Waals surface area contributed by atoms with Gasteiger partial charge in [-0.1, -0.05) is 0 Å². The normalized spacial score (nSPS) is 27.1. The molecule has 2 fully saturated rings.